The average molecular weight is 884 g/mol. The van der Waals surface area contributed by atoms with Gasteiger partial charge in [-0.15, -0.1) is 23.2 Å². The van der Waals surface area contributed by atoms with E-state index in [-0.39, 0.29) is 52.0 Å². The van der Waals surface area contributed by atoms with Crippen LogP contribution in [0.5, 0.6) is 0 Å². The highest BCUT2D eigenvalue weighted by atomic mass is 35.5. The summed E-state index contributed by atoms with van der Waals surface area (Å²) in [5.41, 5.74) is 2.99. The van der Waals surface area contributed by atoms with E-state index in [1.54, 1.807) is 72.8 Å². The molecular formula is C47H48Cl2N4O9. The summed E-state index contributed by atoms with van der Waals surface area (Å²) in [5.74, 6) is -3.84. The molecule has 2 N–H and O–H groups in total. The topological polar surface area (TPSA) is 168 Å². The Balaban J connectivity index is 1.10. The van der Waals surface area contributed by atoms with Gasteiger partial charge in [-0.2, -0.15) is 0 Å². The third-order valence-electron chi connectivity index (χ3n) is 10.9. The smallest absolute Gasteiger partial charge is 0.408 e. The molecule has 0 bridgehead atoms. The molecule has 6 atom stereocenters. The van der Waals surface area contributed by atoms with Crippen molar-refractivity contribution >= 4 is 64.6 Å². The van der Waals surface area contributed by atoms with Crippen molar-refractivity contribution in [1.82, 2.24) is 20.4 Å². The number of hydrogen-bond donors (Lipinski definition) is 2. The van der Waals surface area contributed by atoms with E-state index in [9.17, 15) is 33.6 Å². The van der Waals surface area contributed by atoms with Gasteiger partial charge in [0.15, 0.2) is 28.1 Å². The first-order valence-corrected chi connectivity index (χ1v) is 21.4. The number of alkyl halides is 2. The minimum atomic E-state index is -1.89. The first-order chi connectivity index (χ1) is 30.0. The van der Waals surface area contributed by atoms with Gasteiger partial charge in [0.2, 0.25) is 11.8 Å². The highest BCUT2D eigenvalue weighted by molar-refractivity contribution is 6.53. The van der Waals surface area contributed by atoms with E-state index in [2.05, 4.69) is 10.6 Å². The van der Waals surface area contributed by atoms with Crippen molar-refractivity contribution < 1.29 is 43.0 Å². The molecule has 0 saturated carbocycles. The molecule has 6 rings (SSSR count). The number of alkyl carbamates (subject to hydrolysis) is 2. The molecule has 2 aliphatic rings. The predicted octanol–water partition coefficient (Wildman–Crippen LogP) is 5.97. The number of amides is 4. The summed E-state index contributed by atoms with van der Waals surface area (Å²) in [7, 11) is 0. The van der Waals surface area contributed by atoms with Gasteiger partial charge in [-0.05, 0) is 47.9 Å². The van der Waals surface area contributed by atoms with Gasteiger partial charge in [0, 0.05) is 25.9 Å². The van der Waals surface area contributed by atoms with Crippen molar-refractivity contribution in [1.29, 1.82) is 0 Å². The summed E-state index contributed by atoms with van der Waals surface area (Å²) in [5, 5.41) is 1.52. The number of benzene rings is 4. The monoisotopic (exact) mass is 882 g/mol. The van der Waals surface area contributed by atoms with E-state index in [1.165, 1.54) is 9.80 Å². The molecule has 2 aliphatic heterocycles. The van der Waals surface area contributed by atoms with Crippen LogP contribution < -0.4 is 10.6 Å². The van der Waals surface area contributed by atoms with Gasteiger partial charge < -0.3 is 29.9 Å². The number of hydrogen-bond acceptors (Lipinski definition) is 9. The minimum Gasteiger partial charge on any atom is -0.445 e. The Morgan fingerprint density at radius 1 is 0.516 bits per heavy atom. The number of nitrogens with zero attached hydrogens (tertiary/aromatic N) is 2. The third-order valence-corrected chi connectivity index (χ3v) is 11.8. The molecule has 62 heavy (non-hydrogen) atoms. The summed E-state index contributed by atoms with van der Waals surface area (Å²) in [6.07, 6.45) is -0.279. The number of carbonyl (C=O) groups is 7. The van der Waals surface area contributed by atoms with Gasteiger partial charge in [-0.25, -0.2) is 9.59 Å². The second-order valence-electron chi connectivity index (χ2n) is 15.2. The van der Waals surface area contributed by atoms with E-state index in [1.807, 2.05) is 48.5 Å². The van der Waals surface area contributed by atoms with Crippen LogP contribution in [0.15, 0.2) is 121 Å². The van der Waals surface area contributed by atoms with Gasteiger partial charge >= 0.3 is 12.2 Å². The number of ether oxygens (including phenoxy) is 2. The maximum atomic E-state index is 14.1. The number of carbonyl (C=O) groups excluding carboxylic acids is 7. The Morgan fingerprint density at radius 3 is 1.18 bits per heavy atom. The molecule has 13 nitrogen and oxygen atoms in total. The van der Waals surface area contributed by atoms with Crippen molar-refractivity contribution in [2.24, 2.45) is 0 Å². The van der Waals surface area contributed by atoms with Gasteiger partial charge in [0.05, 0.1) is 12.1 Å². The van der Waals surface area contributed by atoms with Crippen molar-refractivity contribution in [2.45, 2.75) is 86.7 Å². The van der Waals surface area contributed by atoms with Crippen molar-refractivity contribution in [3.63, 3.8) is 0 Å². The number of nitrogens with one attached hydrogen (secondary N) is 2. The Morgan fingerprint density at radius 2 is 0.839 bits per heavy atom. The lowest BCUT2D eigenvalue weighted by molar-refractivity contribution is -0.142. The maximum Gasteiger partial charge on any atom is 0.408 e. The zero-order chi connectivity index (χ0) is 44.0. The van der Waals surface area contributed by atoms with Crippen LogP contribution in [-0.4, -0.2) is 99.2 Å². The molecular weight excluding hydrogens is 835 g/mol. The second kappa shape index (κ2) is 22.2. The average Bonchev–Trinajstić information content (AvgIpc) is 4.01. The molecule has 2 heterocycles. The second-order valence-corrected chi connectivity index (χ2v) is 16.1. The van der Waals surface area contributed by atoms with Crippen molar-refractivity contribution in [2.75, 3.05) is 13.1 Å². The summed E-state index contributed by atoms with van der Waals surface area (Å²) in [6, 6.07) is 31.6. The normalized spacial score (nSPS) is 17.8. The molecule has 0 radical (unpaired) electrons. The minimum absolute atomic E-state index is 0.0279. The number of rotatable bonds is 18. The van der Waals surface area contributed by atoms with Crippen LogP contribution in [0.3, 0.4) is 0 Å². The predicted molar refractivity (Wildman–Crippen MR) is 231 cm³/mol. The third kappa shape index (κ3) is 12.1. The van der Waals surface area contributed by atoms with Crippen LogP contribution in [0.25, 0.3) is 0 Å². The highest BCUT2D eigenvalue weighted by Gasteiger charge is 2.46. The van der Waals surface area contributed by atoms with Gasteiger partial charge in [0.1, 0.15) is 25.3 Å². The SMILES string of the molecule is O=C(N[C@@H](Cc1ccccc1)C(=O)N1CCC[C@H]1C(=O)C(Cl)C(=O)C(Cl)C(=O)[C@@H]1CCCN1C(=O)[C@H](Cc1ccccc1)NC(=O)OCc1ccccc1)OCc1ccccc1. The maximum absolute atomic E-state index is 14.1. The fourth-order valence-corrected chi connectivity index (χ4v) is 8.32. The van der Waals surface area contributed by atoms with E-state index in [4.69, 9.17) is 32.7 Å². The fourth-order valence-electron chi connectivity index (χ4n) is 7.71. The van der Waals surface area contributed by atoms with Crippen molar-refractivity contribution in [3.8, 4) is 0 Å². The zero-order valence-corrected chi connectivity index (χ0v) is 35.4. The first kappa shape index (κ1) is 45.5. The van der Waals surface area contributed by atoms with E-state index < -0.39 is 76.3 Å². The first-order valence-electron chi connectivity index (χ1n) is 20.5. The summed E-state index contributed by atoms with van der Waals surface area (Å²) in [4.78, 5) is 98.5. The van der Waals surface area contributed by atoms with Crippen LogP contribution in [0.4, 0.5) is 9.59 Å². The van der Waals surface area contributed by atoms with E-state index in [0.717, 1.165) is 22.3 Å². The number of ketones is 3. The Hall–Kier alpha value is -6.05. The molecule has 324 valence electrons. The lowest BCUT2D eigenvalue weighted by Gasteiger charge is -2.30. The zero-order valence-electron chi connectivity index (χ0n) is 33.9. The van der Waals surface area contributed by atoms with Crippen molar-refractivity contribution in [3.05, 3.63) is 144 Å². The van der Waals surface area contributed by atoms with Crippen LogP contribution in [0.1, 0.15) is 47.9 Å². The molecule has 2 saturated heterocycles. The fraction of sp³-hybridized carbons (Fsp3) is 0.340. The highest BCUT2D eigenvalue weighted by Crippen LogP contribution is 2.27. The standard InChI is InChI=1S/C47H48Cl2N4O9/c48-39(41(54)37-23-13-25-52(37)44(57)35(27-31-15-5-1-6-16-31)50-46(59)61-29-33-19-9-3-10-20-33)43(56)40(49)42(55)38-24-14-26-53(38)45(58)36(28-32-17-7-2-8-18-32)51-47(60)62-30-34-21-11-4-12-22-34/h1-12,15-22,35-40H,13-14,23-30H2,(H,50,59)(H,51,60)/t35-,36-,37-,38-,39?,40?/m0/s1. The lowest BCUT2D eigenvalue weighted by Crippen LogP contribution is -2.55. The molecule has 0 aromatic heterocycles. The summed E-state index contributed by atoms with van der Waals surface area (Å²) in [6.45, 7) is 0.249. The molecule has 0 aliphatic carbocycles. The molecule has 2 unspecified atom stereocenters. The molecule has 4 aromatic carbocycles. The van der Waals surface area contributed by atoms with Gasteiger partial charge in [-0.1, -0.05) is 121 Å². The van der Waals surface area contributed by atoms with Crippen LogP contribution in [-0.2, 0) is 59.5 Å². The van der Waals surface area contributed by atoms with Crippen LogP contribution >= 0.6 is 23.2 Å². The largest absolute Gasteiger partial charge is 0.445 e. The number of halogens is 2. The molecule has 4 amide bonds. The quantitative estimate of drug-likeness (QED) is 0.0905. The Bertz CT molecular complexity index is 2030. The van der Waals surface area contributed by atoms with Gasteiger partial charge in [-0.3, -0.25) is 24.0 Å². The summed E-state index contributed by atoms with van der Waals surface area (Å²) >= 11 is 13.1. The summed E-state index contributed by atoms with van der Waals surface area (Å²) < 4.78 is 10.8. The van der Waals surface area contributed by atoms with E-state index >= 15 is 0 Å². The Labute approximate surface area is 370 Å². The van der Waals surface area contributed by atoms with Gasteiger partial charge in [0.25, 0.3) is 0 Å². The number of Topliss-reactive ketones (excluding diaryl/α,β-unsaturated/α-hetero) is 3. The van der Waals surface area contributed by atoms with E-state index in [0.29, 0.717) is 12.8 Å². The Kier molecular flexibility index (Phi) is 16.3. The molecule has 15 heteroatoms. The molecule has 4 aromatic rings. The lowest BCUT2D eigenvalue weighted by atomic mass is 9.97. The molecule has 2 fully saturated rings. The number of likely N-dealkylation sites (tertiary alicyclic amines) is 2. The van der Waals surface area contributed by atoms with Crippen LogP contribution in [0.2, 0.25) is 0 Å². The van der Waals surface area contributed by atoms with Crippen LogP contribution in [0, 0.1) is 0 Å². The molecule has 0 spiro atoms.